The Morgan fingerprint density at radius 2 is 2.24 bits per heavy atom. The van der Waals surface area contributed by atoms with Gasteiger partial charge in [-0.15, -0.1) is 0 Å². The maximum Gasteiger partial charge on any atom is 0.253 e. The van der Waals surface area contributed by atoms with E-state index in [0.717, 1.165) is 12.8 Å². The lowest BCUT2D eigenvalue weighted by atomic mass is 10.1. The first-order valence-electron chi connectivity index (χ1n) is 7.21. The fraction of sp³-hybridized carbons (Fsp3) is 0.375. The second-order valence-electron chi connectivity index (χ2n) is 5.40. The molecule has 0 bridgehead atoms. The number of carbonyl (C=O) groups excluding carboxylic acids is 1. The lowest BCUT2D eigenvalue weighted by Crippen LogP contribution is -2.26. The van der Waals surface area contributed by atoms with Crippen molar-refractivity contribution in [1.29, 1.82) is 0 Å². The van der Waals surface area contributed by atoms with Crippen LogP contribution in [0.2, 0.25) is 0 Å². The summed E-state index contributed by atoms with van der Waals surface area (Å²) < 4.78 is 7.18. The molecule has 0 saturated carbocycles. The molecule has 3 rings (SSSR count). The van der Waals surface area contributed by atoms with Gasteiger partial charge in [0.15, 0.2) is 0 Å². The molecule has 1 saturated heterocycles. The van der Waals surface area contributed by atoms with Crippen LogP contribution in [0.3, 0.4) is 0 Å². The fourth-order valence-corrected chi connectivity index (χ4v) is 2.40. The van der Waals surface area contributed by atoms with E-state index in [1.54, 1.807) is 6.20 Å². The molecule has 0 radical (unpaired) electrons. The van der Waals surface area contributed by atoms with Crippen LogP contribution in [0.25, 0.3) is 0 Å². The minimum absolute atomic E-state index is 0.0811. The number of ether oxygens (including phenoxy) is 1. The number of rotatable bonds is 4. The number of amides is 1. The highest BCUT2D eigenvalue weighted by Crippen LogP contribution is 2.15. The van der Waals surface area contributed by atoms with Crippen LogP contribution in [-0.2, 0) is 16.1 Å². The van der Waals surface area contributed by atoms with Gasteiger partial charge in [-0.1, -0.05) is 29.8 Å². The van der Waals surface area contributed by atoms with E-state index >= 15 is 0 Å². The smallest absolute Gasteiger partial charge is 0.253 e. The third-order valence-electron chi connectivity index (χ3n) is 3.59. The SMILES string of the molecule is Cc1ccc(Cn2cc(NC(=O)[C@@H]3CCCO3)cn2)cc1. The fourth-order valence-electron chi connectivity index (χ4n) is 2.40. The van der Waals surface area contributed by atoms with Crippen LogP contribution in [0.1, 0.15) is 24.0 Å². The van der Waals surface area contributed by atoms with Gasteiger partial charge in [-0.25, -0.2) is 0 Å². The van der Waals surface area contributed by atoms with Crippen molar-refractivity contribution in [2.75, 3.05) is 11.9 Å². The first-order chi connectivity index (χ1) is 10.2. The maximum absolute atomic E-state index is 11.9. The highest BCUT2D eigenvalue weighted by atomic mass is 16.5. The van der Waals surface area contributed by atoms with E-state index in [1.807, 2.05) is 10.9 Å². The molecule has 1 aromatic carbocycles. The van der Waals surface area contributed by atoms with Crippen molar-refractivity contribution in [1.82, 2.24) is 9.78 Å². The van der Waals surface area contributed by atoms with Gasteiger partial charge in [-0.2, -0.15) is 5.10 Å². The quantitative estimate of drug-likeness (QED) is 0.938. The summed E-state index contributed by atoms with van der Waals surface area (Å²) in [4.78, 5) is 11.9. The van der Waals surface area contributed by atoms with E-state index in [1.165, 1.54) is 11.1 Å². The Hall–Kier alpha value is -2.14. The van der Waals surface area contributed by atoms with Gasteiger partial charge in [0.05, 0.1) is 18.4 Å². The molecule has 1 amide bonds. The summed E-state index contributed by atoms with van der Waals surface area (Å²) >= 11 is 0. The molecule has 2 aromatic rings. The number of nitrogens with zero attached hydrogens (tertiary/aromatic N) is 2. The molecule has 21 heavy (non-hydrogen) atoms. The zero-order valence-corrected chi connectivity index (χ0v) is 12.1. The minimum Gasteiger partial charge on any atom is -0.368 e. The molecule has 1 aliphatic heterocycles. The van der Waals surface area contributed by atoms with E-state index in [2.05, 4.69) is 41.6 Å². The zero-order valence-electron chi connectivity index (χ0n) is 12.1. The number of aryl methyl sites for hydroxylation is 1. The second kappa shape index (κ2) is 6.10. The number of benzene rings is 1. The van der Waals surface area contributed by atoms with Crippen molar-refractivity contribution in [3.8, 4) is 0 Å². The lowest BCUT2D eigenvalue weighted by molar-refractivity contribution is -0.124. The van der Waals surface area contributed by atoms with Crippen LogP contribution in [0.4, 0.5) is 5.69 Å². The van der Waals surface area contributed by atoms with Gasteiger partial charge in [0.2, 0.25) is 0 Å². The van der Waals surface area contributed by atoms with Gasteiger partial charge in [0.1, 0.15) is 6.10 Å². The number of hydrogen-bond donors (Lipinski definition) is 1. The topological polar surface area (TPSA) is 56.2 Å². The normalized spacial score (nSPS) is 17.9. The first-order valence-corrected chi connectivity index (χ1v) is 7.21. The van der Waals surface area contributed by atoms with E-state index in [9.17, 15) is 4.79 Å². The predicted molar refractivity (Wildman–Crippen MR) is 80.1 cm³/mol. The Kier molecular flexibility index (Phi) is 4.01. The standard InChI is InChI=1S/C16H19N3O2/c1-12-4-6-13(7-5-12)10-19-11-14(9-17-19)18-16(20)15-3-2-8-21-15/h4-7,9,11,15H,2-3,8,10H2,1H3,(H,18,20)/t15-/m0/s1. The van der Waals surface area contributed by atoms with Crippen molar-refractivity contribution in [3.05, 3.63) is 47.8 Å². The predicted octanol–water partition coefficient (Wildman–Crippen LogP) is 2.36. The zero-order chi connectivity index (χ0) is 14.7. The van der Waals surface area contributed by atoms with Gasteiger partial charge in [-0.3, -0.25) is 9.48 Å². The third kappa shape index (κ3) is 3.49. The van der Waals surface area contributed by atoms with E-state index in [-0.39, 0.29) is 12.0 Å². The van der Waals surface area contributed by atoms with E-state index in [0.29, 0.717) is 18.8 Å². The second-order valence-corrected chi connectivity index (χ2v) is 5.40. The lowest BCUT2D eigenvalue weighted by Gasteiger charge is -2.08. The van der Waals surface area contributed by atoms with Crippen LogP contribution in [0.5, 0.6) is 0 Å². The Labute approximate surface area is 123 Å². The van der Waals surface area contributed by atoms with Gasteiger partial charge in [0, 0.05) is 12.8 Å². The maximum atomic E-state index is 11.9. The number of anilines is 1. The molecular weight excluding hydrogens is 266 g/mol. The molecular formula is C16H19N3O2. The van der Waals surface area contributed by atoms with E-state index in [4.69, 9.17) is 4.74 Å². The molecule has 2 heterocycles. The molecule has 1 aliphatic rings. The molecule has 1 N–H and O–H groups in total. The monoisotopic (exact) mass is 285 g/mol. The minimum atomic E-state index is -0.314. The molecule has 1 atom stereocenters. The molecule has 5 nitrogen and oxygen atoms in total. The van der Waals surface area contributed by atoms with Gasteiger partial charge in [-0.05, 0) is 25.3 Å². The van der Waals surface area contributed by atoms with Crippen LogP contribution in [-0.4, -0.2) is 28.4 Å². The first kappa shape index (κ1) is 13.8. The van der Waals surface area contributed by atoms with Crippen molar-refractivity contribution in [2.45, 2.75) is 32.4 Å². The van der Waals surface area contributed by atoms with E-state index < -0.39 is 0 Å². The number of aromatic nitrogens is 2. The summed E-state index contributed by atoms with van der Waals surface area (Å²) in [5.74, 6) is -0.0811. The van der Waals surface area contributed by atoms with Crippen LogP contribution >= 0.6 is 0 Å². The van der Waals surface area contributed by atoms with Crippen LogP contribution < -0.4 is 5.32 Å². The van der Waals surface area contributed by atoms with Gasteiger partial charge in [0.25, 0.3) is 5.91 Å². The summed E-state index contributed by atoms with van der Waals surface area (Å²) in [6.07, 6.45) is 4.94. The average molecular weight is 285 g/mol. The summed E-state index contributed by atoms with van der Waals surface area (Å²) in [7, 11) is 0. The van der Waals surface area contributed by atoms with Crippen molar-refractivity contribution >= 4 is 11.6 Å². The van der Waals surface area contributed by atoms with Crippen molar-refractivity contribution < 1.29 is 9.53 Å². The summed E-state index contributed by atoms with van der Waals surface area (Å²) in [5, 5.41) is 7.13. The number of hydrogen-bond acceptors (Lipinski definition) is 3. The summed E-state index contributed by atoms with van der Waals surface area (Å²) in [6.45, 7) is 3.43. The Bertz CT molecular complexity index is 613. The number of carbonyl (C=O) groups is 1. The van der Waals surface area contributed by atoms with Crippen LogP contribution in [0.15, 0.2) is 36.7 Å². The van der Waals surface area contributed by atoms with Crippen molar-refractivity contribution in [3.63, 3.8) is 0 Å². The van der Waals surface area contributed by atoms with Gasteiger partial charge < -0.3 is 10.1 Å². The molecule has 0 aliphatic carbocycles. The number of nitrogens with one attached hydrogen (secondary N) is 1. The molecule has 0 spiro atoms. The Balaban J connectivity index is 1.60. The largest absolute Gasteiger partial charge is 0.368 e. The Morgan fingerprint density at radius 1 is 1.43 bits per heavy atom. The molecule has 0 unspecified atom stereocenters. The van der Waals surface area contributed by atoms with Crippen LogP contribution in [0, 0.1) is 6.92 Å². The molecule has 110 valence electrons. The molecule has 1 fully saturated rings. The summed E-state index contributed by atoms with van der Waals surface area (Å²) in [6, 6.07) is 8.33. The van der Waals surface area contributed by atoms with Gasteiger partial charge >= 0.3 is 0 Å². The highest BCUT2D eigenvalue weighted by molar-refractivity contribution is 5.94. The summed E-state index contributed by atoms with van der Waals surface area (Å²) in [5.41, 5.74) is 3.13. The molecule has 1 aromatic heterocycles. The van der Waals surface area contributed by atoms with Crippen molar-refractivity contribution in [2.24, 2.45) is 0 Å². The molecule has 5 heteroatoms. The average Bonchev–Trinajstić information content (AvgIpc) is 3.13. The third-order valence-corrected chi connectivity index (χ3v) is 3.59. The highest BCUT2D eigenvalue weighted by Gasteiger charge is 2.23. The Morgan fingerprint density at radius 3 is 2.95 bits per heavy atom.